The molecule has 1 amide bonds. The molecule has 152 valence electrons. The van der Waals surface area contributed by atoms with Crippen LogP contribution in [0, 0.1) is 5.92 Å². The molecule has 28 heavy (non-hydrogen) atoms. The number of oxazole rings is 1. The minimum absolute atomic E-state index is 0.161. The highest BCUT2D eigenvalue weighted by Crippen LogP contribution is 2.29. The number of nitrogens with one attached hydrogen (secondary N) is 1. The maximum Gasteiger partial charge on any atom is 0.298 e. The Morgan fingerprint density at radius 1 is 1.29 bits per heavy atom. The van der Waals surface area contributed by atoms with E-state index in [0.29, 0.717) is 18.4 Å². The first-order chi connectivity index (χ1) is 13.7. The molecule has 1 N–H and O–H groups in total. The monoisotopic (exact) mass is 386 g/mol. The van der Waals surface area contributed by atoms with Crippen LogP contribution in [0.25, 0.3) is 11.1 Å². The van der Waals surface area contributed by atoms with Gasteiger partial charge < -0.3 is 24.3 Å². The smallest absolute Gasteiger partial charge is 0.298 e. The van der Waals surface area contributed by atoms with Crippen molar-refractivity contribution in [1.82, 2.24) is 15.2 Å². The molecule has 0 spiro atoms. The number of benzene rings is 1. The SMILES string of the molecule is COc1ccc2oc(N3CCCC(CC(=O)NCCN4CCCC4)C3)nc2c1. The number of hydrogen-bond acceptors (Lipinski definition) is 6. The number of ether oxygens (including phenoxy) is 1. The van der Waals surface area contributed by atoms with E-state index in [1.165, 1.54) is 25.9 Å². The molecule has 7 nitrogen and oxygen atoms in total. The zero-order valence-electron chi connectivity index (χ0n) is 16.7. The Balaban J connectivity index is 1.29. The maximum atomic E-state index is 12.3. The minimum Gasteiger partial charge on any atom is -0.497 e. The first kappa shape index (κ1) is 19.1. The van der Waals surface area contributed by atoms with Crippen molar-refractivity contribution >= 4 is 23.0 Å². The Bertz CT molecular complexity index is 800. The largest absolute Gasteiger partial charge is 0.497 e. The van der Waals surface area contributed by atoms with E-state index in [4.69, 9.17) is 9.15 Å². The van der Waals surface area contributed by atoms with E-state index >= 15 is 0 Å². The maximum absolute atomic E-state index is 12.3. The Hall–Kier alpha value is -2.28. The number of likely N-dealkylation sites (tertiary alicyclic amines) is 1. The molecule has 1 unspecified atom stereocenters. The highest BCUT2D eigenvalue weighted by molar-refractivity contribution is 5.77. The normalized spacial score (nSPS) is 20.6. The summed E-state index contributed by atoms with van der Waals surface area (Å²) < 4.78 is 11.2. The van der Waals surface area contributed by atoms with Gasteiger partial charge in [-0.1, -0.05) is 0 Å². The highest BCUT2D eigenvalue weighted by Gasteiger charge is 2.25. The Kier molecular flexibility index (Phi) is 6.00. The quantitative estimate of drug-likeness (QED) is 0.789. The summed E-state index contributed by atoms with van der Waals surface area (Å²) in [5.41, 5.74) is 1.56. The van der Waals surface area contributed by atoms with Crippen LogP contribution in [-0.2, 0) is 4.79 Å². The number of methoxy groups -OCH3 is 1. The third-order valence-corrected chi connectivity index (χ3v) is 5.80. The third-order valence-electron chi connectivity index (χ3n) is 5.80. The summed E-state index contributed by atoms with van der Waals surface area (Å²) in [6, 6.07) is 6.29. The van der Waals surface area contributed by atoms with Crippen molar-refractivity contribution in [2.75, 3.05) is 51.3 Å². The molecule has 2 aliphatic heterocycles. The molecule has 0 aliphatic carbocycles. The van der Waals surface area contributed by atoms with Gasteiger partial charge in [0.15, 0.2) is 5.58 Å². The number of amides is 1. The number of anilines is 1. The summed E-state index contributed by atoms with van der Waals surface area (Å²) in [5, 5.41) is 3.09. The van der Waals surface area contributed by atoms with Crippen LogP contribution in [0.3, 0.4) is 0 Å². The lowest BCUT2D eigenvalue weighted by atomic mass is 9.94. The Morgan fingerprint density at radius 2 is 2.14 bits per heavy atom. The number of rotatable bonds is 7. The molecule has 3 heterocycles. The van der Waals surface area contributed by atoms with Gasteiger partial charge in [0.1, 0.15) is 11.3 Å². The summed E-state index contributed by atoms with van der Waals surface area (Å²) in [5.74, 6) is 1.27. The predicted molar refractivity (Wildman–Crippen MR) is 109 cm³/mol. The second-order valence-corrected chi connectivity index (χ2v) is 7.89. The molecule has 4 rings (SSSR count). The molecule has 2 saturated heterocycles. The van der Waals surface area contributed by atoms with Crippen molar-refractivity contribution in [2.24, 2.45) is 5.92 Å². The van der Waals surface area contributed by atoms with E-state index in [0.717, 1.165) is 55.9 Å². The summed E-state index contributed by atoms with van der Waals surface area (Å²) in [6.45, 7) is 5.78. The van der Waals surface area contributed by atoms with Gasteiger partial charge in [0, 0.05) is 38.7 Å². The molecular formula is C21H30N4O3. The topological polar surface area (TPSA) is 70.8 Å². The number of aromatic nitrogens is 1. The zero-order chi connectivity index (χ0) is 19.3. The number of carbonyl (C=O) groups excluding carboxylic acids is 1. The van der Waals surface area contributed by atoms with Crippen molar-refractivity contribution in [3.63, 3.8) is 0 Å². The van der Waals surface area contributed by atoms with Crippen molar-refractivity contribution in [2.45, 2.75) is 32.1 Å². The zero-order valence-corrected chi connectivity index (χ0v) is 16.7. The minimum atomic E-state index is 0.161. The van der Waals surface area contributed by atoms with Crippen LogP contribution in [0.2, 0.25) is 0 Å². The van der Waals surface area contributed by atoms with Crippen LogP contribution in [0.4, 0.5) is 6.01 Å². The van der Waals surface area contributed by atoms with Crippen molar-refractivity contribution in [3.8, 4) is 5.75 Å². The fourth-order valence-corrected chi connectivity index (χ4v) is 4.26. The lowest BCUT2D eigenvalue weighted by Gasteiger charge is -2.31. The molecule has 2 aliphatic rings. The number of fused-ring (bicyclic) bond motifs is 1. The van der Waals surface area contributed by atoms with Gasteiger partial charge in [-0.15, -0.1) is 0 Å². The van der Waals surface area contributed by atoms with Gasteiger partial charge in [-0.25, -0.2) is 0 Å². The summed E-state index contributed by atoms with van der Waals surface area (Å²) in [6.07, 6.45) is 5.27. The lowest BCUT2D eigenvalue weighted by Crippen LogP contribution is -2.39. The molecule has 0 radical (unpaired) electrons. The molecule has 1 aromatic carbocycles. The Morgan fingerprint density at radius 3 is 2.96 bits per heavy atom. The van der Waals surface area contributed by atoms with Gasteiger partial charge in [-0.05, 0) is 56.8 Å². The van der Waals surface area contributed by atoms with E-state index in [-0.39, 0.29) is 5.91 Å². The van der Waals surface area contributed by atoms with Crippen LogP contribution < -0.4 is 15.0 Å². The van der Waals surface area contributed by atoms with E-state index in [2.05, 4.69) is 20.1 Å². The molecule has 2 fully saturated rings. The molecule has 7 heteroatoms. The lowest BCUT2D eigenvalue weighted by molar-refractivity contribution is -0.122. The average Bonchev–Trinajstić information content (AvgIpc) is 3.37. The second-order valence-electron chi connectivity index (χ2n) is 7.89. The van der Waals surface area contributed by atoms with Crippen LogP contribution in [0.1, 0.15) is 32.1 Å². The van der Waals surface area contributed by atoms with Gasteiger partial charge in [-0.2, -0.15) is 4.98 Å². The fourth-order valence-electron chi connectivity index (χ4n) is 4.26. The highest BCUT2D eigenvalue weighted by atomic mass is 16.5. The third kappa shape index (κ3) is 4.58. The van der Waals surface area contributed by atoms with Crippen LogP contribution in [0.5, 0.6) is 5.75 Å². The van der Waals surface area contributed by atoms with Crippen molar-refractivity contribution in [3.05, 3.63) is 18.2 Å². The van der Waals surface area contributed by atoms with Crippen molar-refractivity contribution < 1.29 is 13.9 Å². The molecule has 0 bridgehead atoms. The molecule has 1 atom stereocenters. The van der Waals surface area contributed by atoms with Crippen LogP contribution in [-0.4, -0.2) is 62.2 Å². The number of carbonyl (C=O) groups is 1. The van der Waals surface area contributed by atoms with E-state index in [9.17, 15) is 4.79 Å². The predicted octanol–water partition coefficient (Wildman–Crippen LogP) is 2.65. The Labute approximate surface area is 166 Å². The second kappa shape index (κ2) is 8.82. The molecule has 2 aromatic rings. The number of nitrogens with zero attached hydrogens (tertiary/aromatic N) is 3. The molecule has 1 aromatic heterocycles. The summed E-state index contributed by atoms with van der Waals surface area (Å²) >= 11 is 0. The van der Waals surface area contributed by atoms with Crippen LogP contribution >= 0.6 is 0 Å². The average molecular weight is 386 g/mol. The van der Waals surface area contributed by atoms with E-state index < -0.39 is 0 Å². The van der Waals surface area contributed by atoms with Crippen LogP contribution in [0.15, 0.2) is 22.6 Å². The molecular weight excluding hydrogens is 356 g/mol. The van der Waals surface area contributed by atoms with Gasteiger partial charge in [0.2, 0.25) is 5.91 Å². The van der Waals surface area contributed by atoms with E-state index in [1.54, 1.807) is 7.11 Å². The standard InChI is InChI=1S/C21H30N4O3/c1-27-17-6-7-19-18(14-17)23-21(28-19)25-11-4-5-16(15-25)13-20(26)22-8-12-24-9-2-3-10-24/h6-7,14,16H,2-5,8-13,15H2,1H3,(H,22,26). The number of piperidine rings is 1. The first-order valence-corrected chi connectivity index (χ1v) is 10.4. The fraction of sp³-hybridized carbons (Fsp3) is 0.619. The van der Waals surface area contributed by atoms with Gasteiger partial charge in [0.25, 0.3) is 6.01 Å². The van der Waals surface area contributed by atoms with Crippen molar-refractivity contribution in [1.29, 1.82) is 0 Å². The first-order valence-electron chi connectivity index (χ1n) is 10.4. The summed E-state index contributed by atoms with van der Waals surface area (Å²) in [7, 11) is 1.65. The van der Waals surface area contributed by atoms with Gasteiger partial charge in [0.05, 0.1) is 7.11 Å². The van der Waals surface area contributed by atoms with Gasteiger partial charge in [-0.3, -0.25) is 4.79 Å². The summed E-state index contributed by atoms with van der Waals surface area (Å²) in [4.78, 5) is 21.6. The number of hydrogen-bond donors (Lipinski definition) is 1. The molecule has 0 saturated carbocycles. The van der Waals surface area contributed by atoms with E-state index in [1.807, 2.05) is 18.2 Å². The van der Waals surface area contributed by atoms with Gasteiger partial charge >= 0.3 is 0 Å².